The van der Waals surface area contributed by atoms with Gasteiger partial charge in [0.15, 0.2) is 5.82 Å². The Balaban J connectivity index is 1.32. The number of rotatable bonds is 4. The highest BCUT2D eigenvalue weighted by Gasteiger charge is 2.27. The van der Waals surface area contributed by atoms with E-state index in [1.807, 2.05) is 48.6 Å². The number of anilines is 1. The molecule has 2 aliphatic heterocycles. The summed E-state index contributed by atoms with van der Waals surface area (Å²) in [6.07, 6.45) is 4.23. The topological polar surface area (TPSA) is 63.5 Å². The monoisotopic (exact) mass is 419 g/mol. The van der Waals surface area contributed by atoms with Crippen molar-refractivity contribution in [1.82, 2.24) is 19.4 Å². The molecule has 0 aliphatic carbocycles. The molecule has 4 heterocycles. The predicted octanol–water partition coefficient (Wildman–Crippen LogP) is 2.75. The Kier molecular flexibility index (Phi) is 5.59. The van der Waals surface area contributed by atoms with Gasteiger partial charge in [-0.05, 0) is 24.5 Å². The summed E-state index contributed by atoms with van der Waals surface area (Å²) in [7, 11) is 2.03. The standard InChI is InChI=1S/C24H29N5O2/c1-27-17-25-23-21(27)16-20(26-24(23)29-11-13-31-14-12-29)19-7-9-28(10-8-19)22(30)15-18-5-3-2-4-6-18/h2-6,16-17,19H,7-15H2,1H3. The molecule has 2 saturated heterocycles. The van der Waals surface area contributed by atoms with Gasteiger partial charge in [0.2, 0.25) is 5.91 Å². The molecule has 7 heteroatoms. The zero-order valence-electron chi connectivity index (χ0n) is 18.0. The summed E-state index contributed by atoms with van der Waals surface area (Å²) < 4.78 is 7.60. The van der Waals surface area contributed by atoms with Crippen molar-refractivity contribution in [3.8, 4) is 0 Å². The maximum absolute atomic E-state index is 12.7. The SMILES string of the molecule is Cn1cnc2c(N3CCOCC3)nc(C3CCN(C(=O)Cc4ccccc4)CC3)cc21. The van der Waals surface area contributed by atoms with Crippen LogP contribution in [0.4, 0.5) is 5.82 Å². The van der Waals surface area contributed by atoms with Gasteiger partial charge in [-0.1, -0.05) is 30.3 Å². The van der Waals surface area contributed by atoms with E-state index in [1.165, 1.54) is 0 Å². The molecule has 2 aromatic heterocycles. The smallest absolute Gasteiger partial charge is 0.226 e. The van der Waals surface area contributed by atoms with Crippen LogP contribution in [0.3, 0.4) is 0 Å². The summed E-state index contributed by atoms with van der Waals surface area (Å²) in [4.78, 5) is 26.7. The molecular weight excluding hydrogens is 390 g/mol. The number of fused-ring (bicyclic) bond motifs is 1. The van der Waals surface area contributed by atoms with Crippen LogP contribution in [-0.2, 0) is 23.0 Å². The number of carbonyl (C=O) groups excluding carboxylic acids is 1. The van der Waals surface area contributed by atoms with Gasteiger partial charge in [0.05, 0.1) is 31.5 Å². The van der Waals surface area contributed by atoms with Crippen LogP contribution >= 0.6 is 0 Å². The Bertz CT molecular complexity index is 1050. The Morgan fingerprint density at radius 1 is 1.10 bits per heavy atom. The number of morpholine rings is 1. The summed E-state index contributed by atoms with van der Waals surface area (Å²) in [5.41, 5.74) is 4.28. The molecule has 0 atom stereocenters. The van der Waals surface area contributed by atoms with Gasteiger partial charge in [-0.3, -0.25) is 4.79 Å². The highest BCUT2D eigenvalue weighted by atomic mass is 16.5. The number of aromatic nitrogens is 3. The molecule has 2 fully saturated rings. The van der Waals surface area contributed by atoms with E-state index in [9.17, 15) is 4.79 Å². The number of pyridine rings is 1. The summed E-state index contributed by atoms with van der Waals surface area (Å²) in [6, 6.07) is 12.2. The van der Waals surface area contributed by atoms with E-state index in [0.29, 0.717) is 12.3 Å². The number of carbonyl (C=O) groups is 1. The van der Waals surface area contributed by atoms with Crippen LogP contribution in [0.15, 0.2) is 42.7 Å². The lowest BCUT2D eigenvalue weighted by molar-refractivity contribution is -0.131. The van der Waals surface area contributed by atoms with E-state index in [0.717, 1.165) is 80.3 Å². The minimum atomic E-state index is 0.216. The van der Waals surface area contributed by atoms with Gasteiger partial charge in [-0.25, -0.2) is 9.97 Å². The first-order valence-electron chi connectivity index (χ1n) is 11.2. The van der Waals surface area contributed by atoms with Crippen molar-refractivity contribution >= 4 is 22.8 Å². The molecule has 7 nitrogen and oxygen atoms in total. The number of benzene rings is 1. The van der Waals surface area contributed by atoms with Crippen LogP contribution in [0.2, 0.25) is 0 Å². The highest BCUT2D eigenvalue weighted by Crippen LogP contribution is 2.32. The zero-order chi connectivity index (χ0) is 21.2. The number of amides is 1. The second-order valence-corrected chi connectivity index (χ2v) is 8.51. The third-order valence-corrected chi connectivity index (χ3v) is 6.49. The fourth-order valence-electron chi connectivity index (χ4n) is 4.64. The van der Waals surface area contributed by atoms with E-state index in [2.05, 4.69) is 20.5 Å². The third kappa shape index (κ3) is 4.14. The molecule has 0 N–H and O–H groups in total. The Morgan fingerprint density at radius 2 is 1.84 bits per heavy atom. The summed E-state index contributed by atoms with van der Waals surface area (Å²) >= 11 is 0. The molecule has 31 heavy (non-hydrogen) atoms. The first-order chi connectivity index (χ1) is 15.2. The maximum atomic E-state index is 12.7. The molecule has 3 aromatic rings. The van der Waals surface area contributed by atoms with Crippen molar-refractivity contribution in [3.05, 3.63) is 54.0 Å². The van der Waals surface area contributed by atoms with Crippen molar-refractivity contribution in [2.45, 2.75) is 25.2 Å². The van der Waals surface area contributed by atoms with E-state index in [-0.39, 0.29) is 5.91 Å². The van der Waals surface area contributed by atoms with Gasteiger partial charge >= 0.3 is 0 Å². The van der Waals surface area contributed by atoms with Crippen LogP contribution < -0.4 is 4.90 Å². The fourth-order valence-corrected chi connectivity index (χ4v) is 4.64. The Labute approximate surface area is 182 Å². The number of ether oxygens (including phenoxy) is 1. The van der Waals surface area contributed by atoms with Crippen molar-refractivity contribution < 1.29 is 9.53 Å². The number of nitrogens with zero attached hydrogens (tertiary/aromatic N) is 5. The maximum Gasteiger partial charge on any atom is 0.226 e. The minimum Gasteiger partial charge on any atom is -0.378 e. The van der Waals surface area contributed by atoms with Crippen molar-refractivity contribution in [2.75, 3.05) is 44.3 Å². The Hall–Kier alpha value is -2.93. The molecule has 0 saturated carbocycles. The summed E-state index contributed by atoms with van der Waals surface area (Å²) in [5.74, 6) is 1.55. The highest BCUT2D eigenvalue weighted by molar-refractivity contribution is 5.87. The lowest BCUT2D eigenvalue weighted by Crippen LogP contribution is -2.39. The summed E-state index contributed by atoms with van der Waals surface area (Å²) in [6.45, 7) is 4.70. The molecule has 0 spiro atoms. The van der Waals surface area contributed by atoms with Gasteiger partial charge in [-0.15, -0.1) is 0 Å². The fraction of sp³-hybridized carbons (Fsp3) is 0.458. The van der Waals surface area contributed by atoms with Crippen LogP contribution in [-0.4, -0.2) is 64.7 Å². The lowest BCUT2D eigenvalue weighted by atomic mass is 9.92. The van der Waals surface area contributed by atoms with Gasteiger partial charge in [0.1, 0.15) is 5.52 Å². The van der Waals surface area contributed by atoms with Crippen LogP contribution in [0.5, 0.6) is 0 Å². The minimum absolute atomic E-state index is 0.216. The van der Waals surface area contributed by atoms with Crippen LogP contribution in [0.1, 0.15) is 30.0 Å². The van der Waals surface area contributed by atoms with E-state index >= 15 is 0 Å². The first-order valence-corrected chi connectivity index (χ1v) is 11.2. The molecule has 0 bridgehead atoms. The second kappa shape index (κ2) is 8.67. The van der Waals surface area contributed by atoms with Gasteiger partial charge in [0, 0.05) is 44.8 Å². The molecule has 5 rings (SSSR count). The number of hydrogen-bond acceptors (Lipinski definition) is 5. The van der Waals surface area contributed by atoms with E-state index in [1.54, 1.807) is 0 Å². The van der Waals surface area contributed by atoms with Gasteiger partial charge in [-0.2, -0.15) is 0 Å². The molecular formula is C24H29N5O2. The molecule has 0 unspecified atom stereocenters. The summed E-state index contributed by atoms with van der Waals surface area (Å²) in [5, 5.41) is 0. The van der Waals surface area contributed by atoms with Crippen molar-refractivity contribution in [1.29, 1.82) is 0 Å². The Morgan fingerprint density at radius 3 is 2.58 bits per heavy atom. The number of piperidine rings is 1. The average molecular weight is 420 g/mol. The zero-order valence-corrected chi connectivity index (χ0v) is 18.0. The molecule has 2 aliphatic rings. The van der Waals surface area contributed by atoms with E-state index in [4.69, 9.17) is 9.72 Å². The molecule has 0 radical (unpaired) electrons. The molecule has 162 valence electrons. The largest absolute Gasteiger partial charge is 0.378 e. The predicted molar refractivity (Wildman–Crippen MR) is 120 cm³/mol. The van der Waals surface area contributed by atoms with Crippen LogP contribution in [0, 0.1) is 0 Å². The average Bonchev–Trinajstić information content (AvgIpc) is 3.20. The van der Waals surface area contributed by atoms with Gasteiger partial charge in [0.25, 0.3) is 0 Å². The quantitative estimate of drug-likeness (QED) is 0.651. The van der Waals surface area contributed by atoms with E-state index < -0.39 is 0 Å². The number of likely N-dealkylation sites (tertiary alicyclic amines) is 1. The van der Waals surface area contributed by atoms with Crippen LogP contribution in [0.25, 0.3) is 11.0 Å². The van der Waals surface area contributed by atoms with Crippen molar-refractivity contribution in [2.24, 2.45) is 7.05 Å². The van der Waals surface area contributed by atoms with Crippen molar-refractivity contribution in [3.63, 3.8) is 0 Å². The molecule has 1 aromatic carbocycles. The number of hydrogen-bond donors (Lipinski definition) is 0. The normalized spacial score (nSPS) is 18.0. The third-order valence-electron chi connectivity index (χ3n) is 6.49. The van der Waals surface area contributed by atoms with Gasteiger partial charge < -0.3 is 19.1 Å². The lowest BCUT2D eigenvalue weighted by Gasteiger charge is -2.33. The number of aryl methyl sites for hydroxylation is 1. The molecule has 1 amide bonds. The first kappa shape index (κ1) is 20.0. The number of imidazole rings is 1. The second-order valence-electron chi connectivity index (χ2n) is 8.51.